The first kappa shape index (κ1) is 19.9. The molecule has 1 atom stereocenters. The predicted octanol–water partition coefficient (Wildman–Crippen LogP) is 5.31. The van der Waals surface area contributed by atoms with E-state index in [1.807, 2.05) is 0 Å². The molecule has 0 radical (unpaired) electrons. The summed E-state index contributed by atoms with van der Waals surface area (Å²) in [4.78, 5) is 0. The summed E-state index contributed by atoms with van der Waals surface area (Å²) in [6.45, 7) is 12.9. The van der Waals surface area contributed by atoms with E-state index >= 15 is 0 Å². The van der Waals surface area contributed by atoms with Crippen LogP contribution in [0.15, 0.2) is 0 Å². The smallest absolute Gasteiger partial charge is 0.0626 e. The summed E-state index contributed by atoms with van der Waals surface area (Å²) < 4.78 is 5.94. The molecule has 0 aromatic rings. The van der Waals surface area contributed by atoms with Crippen molar-refractivity contribution in [3.05, 3.63) is 0 Å². The Labute approximate surface area is 128 Å². The Morgan fingerprint density at radius 3 is 2.00 bits per heavy atom. The second-order valence-electron chi connectivity index (χ2n) is 6.98. The number of unbranched alkanes of at least 4 members (excludes halogenated alkanes) is 6. The van der Waals surface area contributed by atoms with Crippen LogP contribution in [0.4, 0.5) is 0 Å². The monoisotopic (exact) mass is 285 g/mol. The molecule has 2 nitrogen and oxygen atoms in total. The standard InChI is InChI=1S/C18H39NO/c1-6-8-9-10-11-12-13-14-17(19-15-7-2)16-20-18(3,4)5/h17,19H,6-16H2,1-5H3. The lowest BCUT2D eigenvalue weighted by Crippen LogP contribution is -2.37. The average molecular weight is 286 g/mol. The van der Waals surface area contributed by atoms with Crippen LogP contribution in [0.1, 0.15) is 92.4 Å². The molecule has 0 bridgehead atoms. The van der Waals surface area contributed by atoms with Gasteiger partial charge in [-0.3, -0.25) is 0 Å². The van der Waals surface area contributed by atoms with Crippen LogP contribution >= 0.6 is 0 Å². The number of hydrogen-bond donors (Lipinski definition) is 1. The first-order chi connectivity index (χ1) is 9.49. The van der Waals surface area contributed by atoms with Crippen molar-refractivity contribution < 1.29 is 4.74 Å². The van der Waals surface area contributed by atoms with Crippen molar-refractivity contribution in [1.82, 2.24) is 5.32 Å². The second-order valence-corrected chi connectivity index (χ2v) is 6.98. The minimum atomic E-state index is -0.0215. The molecular weight excluding hydrogens is 246 g/mol. The van der Waals surface area contributed by atoms with Gasteiger partial charge in [-0.25, -0.2) is 0 Å². The third-order valence-corrected chi connectivity index (χ3v) is 3.56. The molecule has 0 saturated carbocycles. The van der Waals surface area contributed by atoms with Gasteiger partial charge in [0.25, 0.3) is 0 Å². The lowest BCUT2D eigenvalue weighted by molar-refractivity contribution is -0.0156. The molecule has 20 heavy (non-hydrogen) atoms. The molecule has 122 valence electrons. The number of ether oxygens (including phenoxy) is 1. The summed E-state index contributed by atoms with van der Waals surface area (Å²) >= 11 is 0. The zero-order valence-electron chi connectivity index (χ0n) is 14.8. The van der Waals surface area contributed by atoms with Gasteiger partial charge in [0, 0.05) is 6.04 Å². The minimum absolute atomic E-state index is 0.0215. The van der Waals surface area contributed by atoms with Crippen molar-refractivity contribution >= 4 is 0 Å². The first-order valence-electron chi connectivity index (χ1n) is 8.87. The largest absolute Gasteiger partial charge is 0.374 e. The van der Waals surface area contributed by atoms with Gasteiger partial charge in [0.1, 0.15) is 0 Å². The lowest BCUT2D eigenvalue weighted by Gasteiger charge is -2.25. The molecule has 2 heteroatoms. The quantitative estimate of drug-likeness (QED) is 0.463. The molecule has 0 fully saturated rings. The number of nitrogens with one attached hydrogen (secondary N) is 1. The molecule has 0 aromatic carbocycles. The maximum absolute atomic E-state index is 5.94. The Balaban J connectivity index is 3.69. The van der Waals surface area contributed by atoms with Crippen LogP contribution in [0.25, 0.3) is 0 Å². The SMILES string of the molecule is CCCCCCCCCC(COC(C)(C)C)NCCC. The van der Waals surface area contributed by atoms with Gasteiger partial charge in [-0.05, 0) is 40.2 Å². The molecule has 0 aliphatic carbocycles. The fraction of sp³-hybridized carbons (Fsp3) is 1.00. The third-order valence-electron chi connectivity index (χ3n) is 3.56. The van der Waals surface area contributed by atoms with Gasteiger partial charge in [-0.15, -0.1) is 0 Å². The number of rotatable bonds is 13. The highest BCUT2D eigenvalue weighted by Crippen LogP contribution is 2.12. The summed E-state index contributed by atoms with van der Waals surface area (Å²) in [5.74, 6) is 0. The highest BCUT2D eigenvalue weighted by molar-refractivity contribution is 4.69. The van der Waals surface area contributed by atoms with E-state index in [2.05, 4.69) is 39.9 Å². The van der Waals surface area contributed by atoms with Gasteiger partial charge in [0.05, 0.1) is 12.2 Å². The maximum atomic E-state index is 5.94. The van der Waals surface area contributed by atoms with E-state index in [9.17, 15) is 0 Å². The van der Waals surface area contributed by atoms with Gasteiger partial charge < -0.3 is 10.1 Å². The molecule has 1 unspecified atom stereocenters. The zero-order valence-corrected chi connectivity index (χ0v) is 14.8. The van der Waals surface area contributed by atoms with Crippen LogP contribution in [0.3, 0.4) is 0 Å². The van der Waals surface area contributed by atoms with E-state index in [0.29, 0.717) is 6.04 Å². The lowest BCUT2D eigenvalue weighted by atomic mass is 10.0. The minimum Gasteiger partial charge on any atom is -0.374 e. The van der Waals surface area contributed by atoms with Crippen molar-refractivity contribution in [2.45, 2.75) is 104 Å². The Morgan fingerprint density at radius 1 is 0.850 bits per heavy atom. The van der Waals surface area contributed by atoms with Gasteiger partial charge in [-0.1, -0.05) is 58.8 Å². The molecule has 1 N–H and O–H groups in total. The fourth-order valence-corrected chi connectivity index (χ4v) is 2.29. The van der Waals surface area contributed by atoms with Crippen LogP contribution in [-0.2, 0) is 4.74 Å². The normalized spacial score (nSPS) is 13.7. The molecule has 0 aliphatic heterocycles. The van der Waals surface area contributed by atoms with E-state index in [4.69, 9.17) is 4.74 Å². The Kier molecular flexibility index (Phi) is 12.6. The molecule has 0 spiro atoms. The molecule has 0 amide bonds. The Bertz CT molecular complexity index is 198. The fourth-order valence-electron chi connectivity index (χ4n) is 2.29. The van der Waals surface area contributed by atoms with Gasteiger partial charge in [0.15, 0.2) is 0 Å². The Hall–Kier alpha value is -0.0800. The van der Waals surface area contributed by atoms with E-state index in [1.54, 1.807) is 0 Å². The first-order valence-corrected chi connectivity index (χ1v) is 8.87. The van der Waals surface area contributed by atoms with Crippen LogP contribution in [0.2, 0.25) is 0 Å². The van der Waals surface area contributed by atoms with Gasteiger partial charge >= 0.3 is 0 Å². The molecule has 0 heterocycles. The van der Waals surface area contributed by atoms with Gasteiger partial charge in [-0.2, -0.15) is 0 Å². The van der Waals surface area contributed by atoms with E-state index < -0.39 is 0 Å². The predicted molar refractivity (Wildman–Crippen MR) is 90.4 cm³/mol. The van der Waals surface area contributed by atoms with Crippen LogP contribution in [0.5, 0.6) is 0 Å². The molecule has 0 aliphatic rings. The summed E-state index contributed by atoms with van der Waals surface area (Å²) in [6, 6.07) is 0.532. The molecule has 0 aromatic heterocycles. The summed E-state index contributed by atoms with van der Waals surface area (Å²) in [5, 5.41) is 3.63. The van der Waals surface area contributed by atoms with Crippen LogP contribution in [0, 0.1) is 0 Å². The maximum Gasteiger partial charge on any atom is 0.0626 e. The molecular formula is C18H39NO. The van der Waals surface area contributed by atoms with Crippen molar-refractivity contribution in [2.75, 3.05) is 13.2 Å². The summed E-state index contributed by atoms with van der Waals surface area (Å²) in [6.07, 6.45) is 12.1. The van der Waals surface area contributed by atoms with Gasteiger partial charge in [0.2, 0.25) is 0 Å². The number of hydrogen-bond acceptors (Lipinski definition) is 2. The highest BCUT2D eigenvalue weighted by atomic mass is 16.5. The van der Waals surface area contributed by atoms with Crippen molar-refractivity contribution in [2.24, 2.45) is 0 Å². The van der Waals surface area contributed by atoms with Crippen LogP contribution < -0.4 is 5.32 Å². The summed E-state index contributed by atoms with van der Waals surface area (Å²) in [7, 11) is 0. The molecule has 0 rings (SSSR count). The highest BCUT2D eigenvalue weighted by Gasteiger charge is 2.14. The topological polar surface area (TPSA) is 21.3 Å². The van der Waals surface area contributed by atoms with E-state index in [-0.39, 0.29) is 5.60 Å². The third kappa shape index (κ3) is 14.3. The van der Waals surface area contributed by atoms with Crippen molar-refractivity contribution in [3.8, 4) is 0 Å². The average Bonchev–Trinajstić information content (AvgIpc) is 2.39. The van der Waals surface area contributed by atoms with Crippen molar-refractivity contribution in [1.29, 1.82) is 0 Å². The molecule has 0 saturated heterocycles. The zero-order chi connectivity index (χ0) is 15.3. The second kappa shape index (κ2) is 12.6. The van der Waals surface area contributed by atoms with Crippen molar-refractivity contribution in [3.63, 3.8) is 0 Å². The van der Waals surface area contributed by atoms with Crippen LogP contribution in [-0.4, -0.2) is 24.8 Å². The van der Waals surface area contributed by atoms with E-state index in [0.717, 1.165) is 13.2 Å². The summed E-state index contributed by atoms with van der Waals surface area (Å²) in [5.41, 5.74) is -0.0215. The Morgan fingerprint density at radius 2 is 1.45 bits per heavy atom. The van der Waals surface area contributed by atoms with E-state index in [1.165, 1.54) is 57.8 Å².